The molecule has 0 unspecified atom stereocenters. The van der Waals surface area contributed by atoms with E-state index in [0.29, 0.717) is 23.6 Å². The lowest BCUT2D eigenvalue weighted by atomic mass is 10.1. The highest BCUT2D eigenvalue weighted by molar-refractivity contribution is 5.94. The van der Waals surface area contributed by atoms with Crippen LogP contribution in [-0.4, -0.2) is 18.0 Å². The summed E-state index contributed by atoms with van der Waals surface area (Å²) in [6.45, 7) is 0. The van der Waals surface area contributed by atoms with Crippen molar-refractivity contribution < 1.29 is 13.9 Å². The second kappa shape index (κ2) is 7.33. The first-order valence-corrected chi connectivity index (χ1v) is 8.60. The lowest BCUT2D eigenvalue weighted by molar-refractivity contribution is -0.115. The molecule has 0 atom stereocenters. The van der Waals surface area contributed by atoms with Crippen molar-refractivity contribution in [3.8, 4) is 17.2 Å². The van der Waals surface area contributed by atoms with E-state index in [-0.39, 0.29) is 5.91 Å². The molecular weight excluding hydrogens is 340 g/mol. The molecule has 5 heteroatoms. The molecule has 134 valence electrons. The number of nitrogens with one attached hydrogen (secondary N) is 1. The third kappa shape index (κ3) is 3.82. The molecule has 0 radical (unpaired) electrons. The van der Waals surface area contributed by atoms with Crippen LogP contribution < -0.4 is 10.1 Å². The number of hydrogen-bond donors (Lipinski definition) is 1. The van der Waals surface area contributed by atoms with Gasteiger partial charge in [-0.2, -0.15) is 0 Å². The molecule has 1 aromatic heterocycles. The maximum atomic E-state index is 12.2. The fraction of sp³-hybridized carbons (Fsp3) is 0.0909. The fourth-order valence-corrected chi connectivity index (χ4v) is 2.87. The fourth-order valence-electron chi connectivity index (χ4n) is 2.87. The predicted octanol–water partition coefficient (Wildman–Crippen LogP) is 4.68. The van der Waals surface area contributed by atoms with Crippen LogP contribution >= 0.6 is 0 Å². The van der Waals surface area contributed by atoms with Gasteiger partial charge in [0.05, 0.1) is 13.5 Å². The van der Waals surface area contributed by atoms with Crippen LogP contribution in [0.3, 0.4) is 0 Å². The number of carbonyl (C=O) groups excluding carboxylic acids is 1. The summed E-state index contributed by atoms with van der Waals surface area (Å²) in [4.78, 5) is 16.8. The van der Waals surface area contributed by atoms with Crippen LogP contribution in [0, 0.1) is 0 Å². The molecule has 27 heavy (non-hydrogen) atoms. The summed E-state index contributed by atoms with van der Waals surface area (Å²) in [7, 11) is 1.62. The van der Waals surface area contributed by atoms with Crippen LogP contribution in [0.15, 0.2) is 77.2 Å². The van der Waals surface area contributed by atoms with Crippen LogP contribution in [-0.2, 0) is 11.2 Å². The third-order valence-electron chi connectivity index (χ3n) is 4.20. The number of methoxy groups -OCH3 is 1. The summed E-state index contributed by atoms with van der Waals surface area (Å²) in [6, 6.07) is 22.6. The molecule has 1 N–H and O–H groups in total. The Balaban J connectivity index is 1.54. The van der Waals surface area contributed by atoms with E-state index in [1.807, 2.05) is 66.7 Å². The minimum atomic E-state index is -0.0758. The smallest absolute Gasteiger partial charge is 0.228 e. The maximum absolute atomic E-state index is 12.2. The van der Waals surface area contributed by atoms with Crippen molar-refractivity contribution in [2.45, 2.75) is 6.42 Å². The first kappa shape index (κ1) is 16.8. The summed E-state index contributed by atoms with van der Waals surface area (Å²) in [5, 5.41) is 2.90. The lowest BCUT2D eigenvalue weighted by Gasteiger charge is -2.05. The van der Waals surface area contributed by atoms with Crippen molar-refractivity contribution in [2.75, 3.05) is 12.4 Å². The first-order chi connectivity index (χ1) is 13.2. The number of hydrogen-bond acceptors (Lipinski definition) is 4. The Hall–Kier alpha value is -3.60. The van der Waals surface area contributed by atoms with E-state index in [9.17, 15) is 4.79 Å². The zero-order chi connectivity index (χ0) is 18.6. The van der Waals surface area contributed by atoms with Crippen molar-refractivity contribution in [3.05, 3.63) is 78.4 Å². The van der Waals surface area contributed by atoms with E-state index >= 15 is 0 Å². The average molecular weight is 358 g/mol. The second-order valence-corrected chi connectivity index (χ2v) is 6.14. The van der Waals surface area contributed by atoms with Crippen molar-refractivity contribution >= 4 is 22.7 Å². The molecule has 3 aromatic carbocycles. The van der Waals surface area contributed by atoms with Gasteiger partial charge in [0.1, 0.15) is 11.3 Å². The normalized spacial score (nSPS) is 10.7. The van der Waals surface area contributed by atoms with Gasteiger partial charge in [0, 0.05) is 17.3 Å². The van der Waals surface area contributed by atoms with Crippen LogP contribution in [0.4, 0.5) is 5.69 Å². The quantitative estimate of drug-likeness (QED) is 0.562. The second-order valence-electron chi connectivity index (χ2n) is 6.14. The molecule has 0 spiro atoms. The first-order valence-electron chi connectivity index (χ1n) is 8.60. The average Bonchev–Trinajstić information content (AvgIpc) is 3.12. The van der Waals surface area contributed by atoms with E-state index in [2.05, 4.69) is 10.3 Å². The van der Waals surface area contributed by atoms with Crippen LogP contribution in [0.1, 0.15) is 5.56 Å². The van der Waals surface area contributed by atoms with Crippen molar-refractivity contribution in [1.82, 2.24) is 4.98 Å². The molecule has 0 saturated carbocycles. The van der Waals surface area contributed by atoms with Gasteiger partial charge in [-0.05, 0) is 35.9 Å². The minimum Gasteiger partial charge on any atom is -0.497 e. The third-order valence-corrected chi connectivity index (χ3v) is 4.20. The molecule has 0 fully saturated rings. The molecule has 1 heterocycles. The number of carbonyl (C=O) groups is 1. The van der Waals surface area contributed by atoms with Gasteiger partial charge < -0.3 is 14.5 Å². The topological polar surface area (TPSA) is 64.4 Å². The SMILES string of the molecule is COc1cccc(-c2nc3ccc(NC(=O)Cc4ccccc4)cc3o2)c1. The Labute approximate surface area is 156 Å². The Bertz CT molecular complexity index is 1090. The zero-order valence-electron chi connectivity index (χ0n) is 14.8. The standard InChI is InChI=1S/C22H18N2O3/c1-26-18-9-5-8-16(13-18)22-24-19-11-10-17(14-20(19)27-22)23-21(25)12-15-6-3-2-4-7-15/h2-11,13-14H,12H2,1H3,(H,23,25). The van der Waals surface area contributed by atoms with E-state index < -0.39 is 0 Å². The number of nitrogens with zero attached hydrogens (tertiary/aromatic N) is 1. The molecule has 0 aliphatic rings. The van der Waals surface area contributed by atoms with Gasteiger partial charge in [0.25, 0.3) is 0 Å². The molecule has 0 aliphatic carbocycles. The highest BCUT2D eigenvalue weighted by Gasteiger charge is 2.11. The molecule has 0 bridgehead atoms. The van der Waals surface area contributed by atoms with Crippen LogP contribution in [0.2, 0.25) is 0 Å². The van der Waals surface area contributed by atoms with Gasteiger partial charge in [0.2, 0.25) is 11.8 Å². The number of benzene rings is 3. The number of oxazole rings is 1. The number of ether oxygens (including phenoxy) is 1. The number of anilines is 1. The molecule has 4 rings (SSSR count). The molecular formula is C22H18N2O3. The van der Waals surface area contributed by atoms with E-state index in [4.69, 9.17) is 9.15 Å². The van der Waals surface area contributed by atoms with E-state index in [1.165, 1.54) is 0 Å². The largest absolute Gasteiger partial charge is 0.497 e. The van der Waals surface area contributed by atoms with E-state index in [1.54, 1.807) is 13.2 Å². The van der Waals surface area contributed by atoms with Gasteiger partial charge in [-0.1, -0.05) is 36.4 Å². The molecule has 4 aromatic rings. The lowest BCUT2D eigenvalue weighted by Crippen LogP contribution is -2.14. The summed E-state index contributed by atoms with van der Waals surface area (Å²) >= 11 is 0. The van der Waals surface area contributed by atoms with Gasteiger partial charge in [-0.25, -0.2) is 4.98 Å². The Morgan fingerprint density at radius 3 is 2.70 bits per heavy atom. The van der Waals surface area contributed by atoms with Gasteiger partial charge in [-0.3, -0.25) is 4.79 Å². The van der Waals surface area contributed by atoms with Crippen LogP contribution in [0.5, 0.6) is 5.75 Å². The monoisotopic (exact) mass is 358 g/mol. The molecule has 0 aliphatic heterocycles. The van der Waals surface area contributed by atoms with Gasteiger partial charge >= 0.3 is 0 Å². The highest BCUT2D eigenvalue weighted by Crippen LogP contribution is 2.28. The van der Waals surface area contributed by atoms with Gasteiger partial charge in [0.15, 0.2) is 5.58 Å². The Kier molecular flexibility index (Phi) is 4.58. The number of rotatable bonds is 5. The van der Waals surface area contributed by atoms with Crippen molar-refractivity contribution in [2.24, 2.45) is 0 Å². The molecule has 1 amide bonds. The Morgan fingerprint density at radius 1 is 1.04 bits per heavy atom. The summed E-state index contributed by atoms with van der Waals surface area (Å²) in [6.07, 6.45) is 0.324. The number of aromatic nitrogens is 1. The maximum Gasteiger partial charge on any atom is 0.228 e. The highest BCUT2D eigenvalue weighted by atomic mass is 16.5. The molecule has 5 nitrogen and oxygen atoms in total. The van der Waals surface area contributed by atoms with E-state index in [0.717, 1.165) is 22.4 Å². The van der Waals surface area contributed by atoms with Crippen molar-refractivity contribution in [1.29, 1.82) is 0 Å². The Morgan fingerprint density at radius 2 is 1.89 bits per heavy atom. The zero-order valence-corrected chi connectivity index (χ0v) is 14.8. The van der Waals surface area contributed by atoms with Crippen LogP contribution in [0.25, 0.3) is 22.6 Å². The number of amides is 1. The summed E-state index contributed by atoms with van der Waals surface area (Å²) < 4.78 is 11.1. The summed E-state index contributed by atoms with van der Waals surface area (Å²) in [5.41, 5.74) is 3.83. The molecule has 0 saturated heterocycles. The number of fused-ring (bicyclic) bond motifs is 1. The van der Waals surface area contributed by atoms with Gasteiger partial charge in [-0.15, -0.1) is 0 Å². The van der Waals surface area contributed by atoms with Crippen molar-refractivity contribution in [3.63, 3.8) is 0 Å². The summed E-state index contributed by atoms with van der Waals surface area (Å²) in [5.74, 6) is 1.17. The predicted molar refractivity (Wildman–Crippen MR) is 105 cm³/mol. The minimum absolute atomic E-state index is 0.0758.